The first-order chi connectivity index (χ1) is 40.6. The van der Waals surface area contributed by atoms with Crippen LogP contribution in [-0.4, -0.2) is 91.6 Å². The largest absolute Gasteiger partial charge is 0.481 e. The minimum atomic E-state index is -4.59. The van der Waals surface area contributed by atoms with Gasteiger partial charge >= 0.3 is 31.6 Å². The minimum Gasteiger partial charge on any atom is -0.481 e. The molecule has 0 radical (unpaired) electrons. The molecule has 4 N–H and O–H groups in total. The molecule has 0 bridgehead atoms. The molecule has 1 unspecified atom stereocenters. The highest BCUT2D eigenvalue weighted by molar-refractivity contribution is 7.52. The van der Waals surface area contributed by atoms with Crippen LogP contribution in [0.3, 0.4) is 0 Å². The first-order valence-corrected chi connectivity index (χ1v) is 28.6. The monoisotopic (exact) mass is 1170 g/mol. The van der Waals surface area contributed by atoms with Crippen molar-refractivity contribution in [3.63, 3.8) is 0 Å². The van der Waals surface area contributed by atoms with Crippen LogP contribution in [0.1, 0.15) is 96.9 Å². The molecule has 0 aliphatic heterocycles. The number of methoxy groups -OCH3 is 1. The Bertz CT molecular complexity index is 3170. The van der Waals surface area contributed by atoms with Crippen molar-refractivity contribution in [2.75, 3.05) is 20.4 Å². The molecular formula is C61H68N5O17P. The number of esters is 4. The van der Waals surface area contributed by atoms with Crippen LogP contribution in [0.15, 0.2) is 156 Å². The van der Waals surface area contributed by atoms with Crippen molar-refractivity contribution >= 4 is 55.8 Å². The highest BCUT2D eigenvalue weighted by Gasteiger charge is 2.40. The topological polar surface area (TPSA) is 283 Å². The first-order valence-electron chi connectivity index (χ1n) is 27.1. The Morgan fingerprint density at radius 3 is 1.86 bits per heavy atom. The molecule has 6 rings (SSSR count). The second kappa shape index (κ2) is 33.1. The standard InChI is InChI=1S/C61H68N5O17P/c1-5-7-12-29-48(51(6-2)66(41-67)83-84(75,65-42(3)60(73)76-4)82-47-27-19-11-20-28-47)57(70)62-40-63-59(72)53-33-32-52(81-53)46-30-31-49(54(34-46)77-39-56(69)79-37-44-23-15-9-16-24-44)58(71)64-50(61(74)80-38-45-25-17-10-18-26-45)35-55(68)78-36-43-21-13-8-14-22-43/h8-11,13-28,30-34,41-42,48,50-51H,5-7,12,29,35-40H2,1-4H3,(H,62,70)(H,63,72)(H,64,71)(H,65,75)/t42-,48+,50-,51+,84?/m0/s1. The van der Waals surface area contributed by atoms with Crippen LogP contribution in [0.5, 0.6) is 11.5 Å². The maximum absolute atomic E-state index is 14.3. The van der Waals surface area contributed by atoms with Gasteiger partial charge in [-0.15, -0.1) is 0 Å². The van der Waals surface area contributed by atoms with Gasteiger partial charge in [-0.3, -0.25) is 28.8 Å². The van der Waals surface area contributed by atoms with Gasteiger partial charge < -0.3 is 48.6 Å². The number of hydrogen-bond donors (Lipinski definition) is 4. The molecule has 6 aromatic rings. The minimum absolute atomic E-state index is 0.0647. The summed E-state index contributed by atoms with van der Waals surface area (Å²) in [4.78, 5) is 107. The lowest BCUT2D eigenvalue weighted by molar-refractivity contribution is -0.161. The molecule has 1 heterocycles. The van der Waals surface area contributed by atoms with E-state index in [0.717, 1.165) is 25.0 Å². The quantitative estimate of drug-likeness (QED) is 0.00560. The van der Waals surface area contributed by atoms with Crippen LogP contribution < -0.4 is 30.3 Å². The van der Waals surface area contributed by atoms with Crippen LogP contribution >= 0.6 is 7.75 Å². The number of nitrogens with one attached hydrogen (secondary N) is 4. The number of amides is 4. The predicted molar refractivity (Wildman–Crippen MR) is 305 cm³/mol. The van der Waals surface area contributed by atoms with Gasteiger partial charge in [0.05, 0.1) is 37.7 Å². The number of furan rings is 1. The summed E-state index contributed by atoms with van der Waals surface area (Å²) in [6, 6.07) is 37.7. The van der Waals surface area contributed by atoms with Crippen LogP contribution in [0, 0.1) is 5.92 Å². The average molecular weight is 1170 g/mol. The summed E-state index contributed by atoms with van der Waals surface area (Å²) in [7, 11) is -3.44. The number of rotatable bonds is 34. The van der Waals surface area contributed by atoms with E-state index in [0.29, 0.717) is 23.1 Å². The third-order valence-electron chi connectivity index (χ3n) is 12.7. The van der Waals surface area contributed by atoms with Crippen LogP contribution in [0.4, 0.5) is 0 Å². The first kappa shape index (κ1) is 64.1. The lowest BCUT2D eigenvalue weighted by Gasteiger charge is -2.34. The van der Waals surface area contributed by atoms with Crippen molar-refractivity contribution in [2.24, 2.45) is 5.92 Å². The van der Waals surface area contributed by atoms with Crippen molar-refractivity contribution in [2.45, 2.75) is 97.2 Å². The number of ether oxygens (including phenoxy) is 5. The van der Waals surface area contributed by atoms with Crippen LogP contribution in [-0.2, 0) is 76.7 Å². The van der Waals surface area contributed by atoms with E-state index in [9.17, 15) is 42.9 Å². The molecule has 1 aromatic heterocycles. The number of para-hydroxylation sites is 1. The van der Waals surface area contributed by atoms with Crippen molar-refractivity contribution in [1.82, 2.24) is 26.1 Å². The molecule has 0 saturated carbocycles. The fraction of sp³-hybridized carbons (Fsp3) is 0.311. The number of benzene rings is 5. The molecule has 5 atom stereocenters. The summed E-state index contributed by atoms with van der Waals surface area (Å²) >= 11 is 0. The van der Waals surface area contributed by atoms with Crippen molar-refractivity contribution in [3.05, 3.63) is 180 Å². The zero-order valence-corrected chi connectivity index (χ0v) is 47.8. The van der Waals surface area contributed by atoms with Crippen molar-refractivity contribution in [1.29, 1.82) is 0 Å². The molecular weight excluding hydrogens is 1110 g/mol. The molecule has 444 valence electrons. The van der Waals surface area contributed by atoms with Gasteiger partial charge in [-0.1, -0.05) is 148 Å². The van der Waals surface area contributed by atoms with E-state index < -0.39 is 93.1 Å². The van der Waals surface area contributed by atoms with Gasteiger partial charge in [0.15, 0.2) is 12.4 Å². The summed E-state index contributed by atoms with van der Waals surface area (Å²) in [5.74, 6) is -6.67. The van der Waals surface area contributed by atoms with Gasteiger partial charge in [0.1, 0.15) is 49.2 Å². The Morgan fingerprint density at radius 1 is 0.679 bits per heavy atom. The second-order valence-corrected chi connectivity index (χ2v) is 20.5. The van der Waals surface area contributed by atoms with Gasteiger partial charge in [-0.2, -0.15) is 9.71 Å². The van der Waals surface area contributed by atoms with E-state index in [-0.39, 0.29) is 73.2 Å². The molecule has 0 fully saturated rings. The maximum atomic E-state index is 14.3. The normalized spacial score (nSPS) is 13.0. The lowest BCUT2D eigenvalue weighted by Crippen LogP contribution is -2.49. The summed E-state index contributed by atoms with van der Waals surface area (Å²) in [6.07, 6.45) is 2.15. The van der Waals surface area contributed by atoms with Gasteiger partial charge in [0, 0.05) is 5.56 Å². The van der Waals surface area contributed by atoms with Gasteiger partial charge in [-0.25, -0.2) is 19.2 Å². The molecule has 22 nitrogen and oxygen atoms in total. The highest BCUT2D eigenvalue weighted by Crippen LogP contribution is 2.47. The summed E-state index contributed by atoms with van der Waals surface area (Å²) in [5.41, 5.74) is 2.16. The lowest BCUT2D eigenvalue weighted by atomic mass is 9.90. The van der Waals surface area contributed by atoms with E-state index in [1.54, 1.807) is 110 Å². The third kappa shape index (κ3) is 20.1. The summed E-state index contributed by atoms with van der Waals surface area (Å²) in [5, 5.41) is 11.1. The van der Waals surface area contributed by atoms with Crippen molar-refractivity contribution in [3.8, 4) is 22.8 Å². The molecule has 5 aromatic carbocycles. The van der Waals surface area contributed by atoms with E-state index in [1.165, 1.54) is 49.4 Å². The smallest absolute Gasteiger partial charge is 0.481 e. The zero-order valence-electron chi connectivity index (χ0n) is 46.9. The number of unbranched alkanes of at least 4 members (excludes halogenated alkanes) is 2. The number of hydroxylamine groups is 2. The molecule has 4 amide bonds. The second-order valence-electron chi connectivity index (χ2n) is 18.9. The molecule has 0 aliphatic rings. The Hall–Kier alpha value is -9.11. The number of hydrogen-bond acceptors (Lipinski definition) is 17. The Balaban J connectivity index is 1.17. The van der Waals surface area contributed by atoms with Gasteiger partial charge in [0.2, 0.25) is 12.3 Å². The maximum Gasteiger partial charge on any atom is 0.481 e. The Labute approximate surface area is 486 Å². The van der Waals surface area contributed by atoms with E-state index in [1.807, 2.05) is 13.0 Å². The fourth-order valence-corrected chi connectivity index (χ4v) is 9.88. The molecule has 23 heteroatoms. The van der Waals surface area contributed by atoms with Gasteiger partial charge in [-0.05, 0) is 72.9 Å². The zero-order chi connectivity index (χ0) is 60.3. The molecule has 84 heavy (non-hydrogen) atoms. The molecule has 0 aliphatic carbocycles. The highest BCUT2D eigenvalue weighted by atomic mass is 31.2. The van der Waals surface area contributed by atoms with E-state index >= 15 is 0 Å². The van der Waals surface area contributed by atoms with E-state index in [2.05, 4.69) is 21.0 Å². The van der Waals surface area contributed by atoms with E-state index in [4.69, 9.17) is 37.2 Å². The summed E-state index contributed by atoms with van der Waals surface area (Å²) in [6.45, 7) is 3.65. The number of nitrogens with zero attached hydrogens (tertiary/aromatic N) is 1. The molecule has 0 spiro atoms. The predicted octanol–water partition coefficient (Wildman–Crippen LogP) is 8.55. The number of carbonyl (C=O) groups excluding carboxylic acids is 8. The average Bonchev–Trinajstić information content (AvgIpc) is 4.06. The van der Waals surface area contributed by atoms with Crippen LogP contribution in [0.2, 0.25) is 0 Å². The van der Waals surface area contributed by atoms with Crippen molar-refractivity contribution < 1.29 is 80.2 Å². The fourth-order valence-electron chi connectivity index (χ4n) is 8.36. The van der Waals surface area contributed by atoms with Crippen LogP contribution in [0.25, 0.3) is 11.3 Å². The SMILES string of the molecule is CCCCC[C@@H](C(=O)NCNC(=O)c1ccc(-c2ccc(C(=O)N[C@@H](CC(=O)OCc3ccccc3)C(=O)OCc3ccccc3)c(OCC(=O)OCc3ccccc3)c2)o1)[C@@H](CC)N(C=O)OP(=O)(N[C@@H](C)C(=O)OC)Oc1ccccc1. The molecule has 0 saturated heterocycles. The van der Waals surface area contributed by atoms with Gasteiger partial charge in [0.25, 0.3) is 11.8 Å². The number of carbonyl (C=O) groups is 8. The Morgan fingerprint density at radius 2 is 1.27 bits per heavy atom. The Kier molecular flexibility index (Phi) is 25.3. The third-order valence-corrected chi connectivity index (χ3v) is 14.3. The summed E-state index contributed by atoms with van der Waals surface area (Å²) < 4.78 is 58.8.